The molecule has 0 spiro atoms. The van der Waals surface area contributed by atoms with E-state index in [1.165, 1.54) is 0 Å². The van der Waals surface area contributed by atoms with E-state index in [0.717, 1.165) is 31.2 Å². The molecule has 2 atom stereocenters. The molecule has 1 unspecified atom stereocenters. The molecule has 0 saturated heterocycles. The van der Waals surface area contributed by atoms with Crippen molar-refractivity contribution in [2.24, 2.45) is 5.92 Å². The van der Waals surface area contributed by atoms with Gasteiger partial charge in [-0.05, 0) is 18.4 Å². The first kappa shape index (κ1) is 15.7. The minimum absolute atomic E-state index is 0.0534. The smallest absolute Gasteiger partial charge is 0.223 e. The molecule has 106 valence electrons. The zero-order valence-corrected chi connectivity index (χ0v) is 11.9. The Morgan fingerprint density at radius 2 is 1.95 bits per heavy atom. The van der Waals surface area contributed by atoms with E-state index in [4.69, 9.17) is 0 Å². The van der Waals surface area contributed by atoms with Crippen LogP contribution in [-0.2, 0) is 4.79 Å². The number of hydrogen-bond donors (Lipinski definition) is 2. The molecule has 0 fully saturated rings. The summed E-state index contributed by atoms with van der Waals surface area (Å²) >= 11 is 0. The van der Waals surface area contributed by atoms with E-state index in [-0.39, 0.29) is 24.5 Å². The van der Waals surface area contributed by atoms with Crippen LogP contribution in [0.25, 0.3) is 0 Å². The molecule has 0 heterocycles. The second-order valence-corrected chi connectivity index (χ2v) is 4.90. The van der Waals surface area contributed by atoms with Crippen LogP contribution in [0.5, 0.6) is 0 Å². The number of benzene rings is 1. The maximum absolute atomic E-state index is 12.2. The van der Waals surface area contributed by atoms with Crippen molar-refractivity contribution >= 4 is 5.91 Å². The average molecular weight is 263 g/mol. The first-order valence-electron chi connectivity index (χ1n) is 7.19. The van der Waals surface area contributed by atoms with Gasteiger partial charge >= 0.3 is 0 Å². The van der Waals surface area contributed by atoms with Gasteiger partial charge in [-0.25, -0.2) is 0 Å². The molecule has 0 aliphatic heterocycles. The van der Waals surface area contributed by atoms with Crippen LogP contribution < -0.4 is 5.32 Å². The highest BCUT2D eigenvalue weighted by atomic mass is 16.3. The van der Waals surface area contributed by atoms with Crippen LogP contribution in [0.2, 0.25) is 0 Å². The largest absolute Gasteiger partial charge is 0.394 e. The van der Waals surface area contributed by atoms with Gasteiger partial charge in [-0.3, -0.25) is 4.79 Å². The third-order valence-corrected chi connectivity index (χ3v) is 3.47. The predicted octanol–water partition coefficient (Wildman–Crippen LogP) is 3.05. The normalized spacial score (nSPS) is 13.8. The van der Waals surface area contributed by atoms with Gasteiger partial charge in [0.25, 0.3) is 0 Å². The second-order valence-electron chi connectivity index (χ2n) is 4.90. The third-order valence-electron chi connectivity index (χ3n) is 3.47. The quantitative estimate of drug-likeness (QED) is 0.757. The fourth-order valence-electron chi connectivity index (χ4n) is 2.18. The summed E-state index contributed by atoms with van der Waals surface area (Å²) in [6.07, 6.45) is 3.94. The highest BCUT2D eigenvalue weighted by molar-refractivity contribution is 5.79. The fourth-order valence-corrected chi connectivity index (χ4v) is 2.18. The standard InChI is InChI=1S/C16H25NO2/c1-3-5-9-13(4-2)16(19)17-15(12-18)14-10-7-6-8-11-14/h6-8,10-11,13,15,18H,3-5,9,12H2,1-2H3,(H,17,19)/t13?,15-/m1/s1. The van der Waals surface area contributed by atoms with Crippen molar-refractivity contribution in [3.05, 3.63) is 35.9 Å². The summed E-state index contributed by atoms with van der Waals surface area (Å²) in [6, 6.07) is 9.30. The van der Waals surface area contributed by atoms with Gasteiger partial charge < -0.3 is 10.4 Å². The van der Waals surface area contributed by atoms with Crippen LogP contribution in [-0.4, -0.2) is 17.6 Å². The van der Waals surface area contributed by atoms with Crippen molar-refractivity contribution in [1.82, 2.24) is 5.32 Å². The van der Waals surface area contributed by atoms with Gasteiger partial charge in [0.05, 0.1) is 12.6 Å². The topological polar surface area (TPSA) is 49.3 Å². The Hall–Kier alpha value is -1.35. The molecule has 0 saturated carbocycles. The zero-order valence-electron chi connectivity index (χ0n) is 11.9. The summed E-state index contributed by atoms with van der Waals surface area (Å²) in [5.74, 6) is 0.108. The van der Waals surface area contributed by atoms with Gasteiger partial charge in [0.1, 0.15) is 0 Å². The van der Waals surface area contributed by atoms with Crippen LogP contribution in [0.4, 0.5) is 0 Å². The monoisotopic (exact) mass is 263 g/mol. The first-order chi connectivity index (χ1) is 9.22. The SMILES string of the molecule is CCCCC(CC)C(=O)N[C@H](CO)c1ccccc1. The van der Waals surface area contributed by atoms with E-state index >= 15 is 0 Å². The predicted molar refractivity (Wildman–Crippen MR) is 77.7 cm³/mol. The number of rotatable bonds is 8. The minimum Gasteiger partial charge on any atom is -0.394 e. The van der Waals surface area contributed by atoms with Gasteiger partial charge in [-0.1, -0.05) is 57.0 Å². The van der Waals surface area contributed by atoms with Crippen LogP contribution in [0.1, 0.15) is 51.1 Å². The molecule has 0 aromatic heterocycles. The number of amides is 1. The van der Waals surface area contributed by atoms with Crippen LogP contribution in [0.3, 0.4) is 0 Å². The number of aliphatic hydroxyl groups excluding tert-OH is 1. The molecular formula is C16H25NO2. The highest BCUT2D eigenvalue weighted by Gasteiger charge is 2.20. The lowest BCUT2D eigenvalue weighted by Gasteiger charge is -2.21. The average Bonchev–Trinajstić information content (AvgIpc) is 2.46. The molecule has 3 heteroatoms. The number of hydrogen-bond acceptors (Lipinski definition) is 2. The van der Waals surface area contributed by atoms with E-state index in [2.05, 4.69) is 12.2 Å². The fraction of sp³-hybridized carbons (Fsp3) is 0.562. The summed E-state index contributed by atoms with van der Waals surface area (Å²) in [7, 11) is 0. The third kappa shape index (κ3) is 5.03. The van der Waals surface area contributed by atoms with Crippen LogP contribution >= 0.6 is 0 Å². The van der Waals surface area contributed by atoms with E-state index in [1.807, 2.05) is 37.3 Å². The highest BCUT2D eigenvalue weighted by Crippen LogP contribution is 2.16. The van der Waals surface area contributed by atoms with Crippen molar-refractivity contribution in [3.8, 4) is 0 Å². The summed E-state index contributed by atoms with van der Waals surface area (Å²) in [6.45, 7) is 4.10. The molecule has 1 rings (SSSR count). The Morgan fingerprint density at radius 1 is 1.26 bits per heavy atom. The second kappa shape index (κ2) is 8.70. The zero-order chi connectivity index (χ0) is 14.1. The van der Waals surface area contributed by atoms with Crippen molar-refractivity contribution in [2.45, 2.75) is 45.6 Å². The molecule has 0 aliphatic carbocycles. The van der Waals surface area contributed by atoms with Crippen molar-refractivity contribution in [3.63, 3.8) is 0 Å². The van der Waals surface area contributed by atoms with Gasteiger partial charge in [0, 0.05) is 5.92 Å². The maximum atomic E-state index is 12.2. The molecule has 0 bridgehead atoms. The molecule has 19 heavy (non-hydrogen) atoms. The molecular weight excluding hydrogens is 238 g/mol. The van der Waals surface area contributed by atoms with Crippen molar-refractivity contribution in [1.29, 1.82) is 0 Å². The number of aliphatic hydroxyl groups is 1. The van der Waals surface area contributed by atoms with E-state index in [1.54, 1.807) is 0 Å². The van der Waals surface area contributed by atoms with Gasteiger partial charge in [0.15, 0.2) is 0 Å². The lowest BCUT2D eigenvalue weighted by Crippen LogP contribution is -2.35. The number of nitrogens with one attached hydrogen (secondary N) is 1. The van der Waals surface area contributed by atoms with E-state index in [9.17, 15) is 9.90 Å². The molecule has 1 amide bonds. The number of unbranched alkanes of at least 4 members (excludes halogenated alkanes) is 1. The summed E-state index contributed by atoms with van der Waals surface area (Å²) in [4.78, 5) is 12.2. The molecule has 3 nitrogen and oxygen atoms in total. The Labute approximate surface area is 116 Å². The Kier molecular flexibility index (Phi) is 7.19. The van der Waals surface area contributed by atoms with Crippen LogP contribution in [0, 0.1) is 5.92 Å². The molecule has 1 aromatic rings. The molecule has 0 aliphatic rings. The summed E-state index contributed by atoms with van der Waals surface area (Å²) in [5, 5.41) is 12.4. The van der Waals surface area contributed by atoms with Gasteiger partial charge in [0.2, 0.25) is 5.91 Å². The van der Waals surface area contributed by atoms with Crippen molar-refractivity contribution < 1.29 is 9.90 Å². The Balaban J connectivity index is 2.62. The van der Waals surface area contributed by atoms with Gasteiger partial charge in [-0.2, -0.15) is 0 Å². The van der Waals surface area contributed by atoms with E-state index in [0.29, 0.717) is 0 Å². The minimum atomic E-state index is -0.302. The Morgan fingerprint density at radius 3 is 2.47 bits per heavy atom. The number of carbonyl (C=O) groups excluding carboxylic acids is 1. The summed E-state index contributed by atoms with van der Waals surface area (Å²) in [5.41, 5.74) is 0.948. The van der Waals surface area contributed by atoms with E-state index < -0.39 is 0 Å². The number of carbonyl (C=O) groups is 1. The maximum Gasteiger partial charge on any atom is 0.223 e. The Bertz CT molecular complexity index is 364. The van der Waals surface area contributed by atoms with Crippen molar-refractivity contribution in [2.75, 3.05) is 6.61 Å². The summed E-state index contributed by atoms with van der Waals surface area (Å²) < 4.78 is 0. The lowest BCUT2D eigenvalue weighted by atomic mass is 9.97. The first-order valence-corrected chi connectivity index (χ1v) is 7.19. The molecule has 2 N–H and O–H groups in total. The lowest BCUT2D eigenvalue weighted by molar-refractivity contribution is -0.126. The van der Waals surface area contributed by atoms with Gasteiger partial charge in [-0.15, -0.1) is 0 Å². The van der Waals surface area contributed by atoms with Crippen LogP contribution in [0.15, 0.2) is 30.3 Å². The molecule has 0 radical (unpaired) electrons. The molecule has 1 aromatic carbocycles.